The predicted octanol–water partition coefficient (Wildman–Crippen LogP) is 4.09. The van der Waals surface area contributed by atoms with Crippen molar-refractivity contribution in [3.63, 3.8) is 0 Å². The third-order valence-corrected chi connectivity index (χ3v) is 5.33. The van der Waals surface area contributed by atoms with E-state index in [0.717, 1.165) is 17.6 Å². The highest BCUT2D eigenvalue weighted by Crippen LogP contribution is 2.24. The summed E-state index contributed by atoms with van der Waals surface area (Å²) in [6.07, 6.45) is 4.09. The van der Waals surface area contributed by atoms with Crippen LogP contribution in [-0.2, 0) is 4.74 Å². The fourth-order valence-electron chi connectivity index (χ4n) is 3.94. The quantitative estimate of drug-likeness (QED) is 0.556. The largest absolute Gasteiger partial charge is 0.372 e. The summed E-state index contributed by atoms with van der Waals surface area (Å²) in [6.45, 7) is 5.38. The molecule has 170 valence electrons. The number of anilines is 2. The van der Waals surface area contributed by atoms with E-state index in [0.29, 0.717) is 18.8 Å². The molecule has 1 aliphatic rings. The van der Waals surface area contributed by atoms with Gasteiger partial charge in [-0.1, -0.05) is 18.2 Å². The SMILES string of the molecule is C[C@@H]1CN(c2ccc(-n3ccc(=O)c(/C(=C/C=N)Nc4ccccc4)n3)c(F)c2)C[C@H](C)O1. The lowest BCUT2D eigenvalue weighted by Crippen LogP contribution is -2.45. The van der Waals surface area contributed by atoms with Gasteiger partial charge >= 0.3 is 0 Å². The van der Waals surface area contributed by atoms with E-state index in [1.165, 1.54) is 29.1 Å². The summed E-state index contributed by atoms with van der Waals surface area (Å²) < 4.78 is 22.3. The maximum absolute atomic E-state index is 15.2. The van der Waals surface area contributed by atoms with E-state index in [1.807, 2.05) is 50.2 Å². The van der Waals surface area contributed by atoms with Crippen LogP contribution in [0.3, 0.4) is 0 Å². The molecular weight excluding hydrogens is 421 g/mol. The molecule has 2 aromatic carbocycles. The summed E-state index contributed by atoms with van der Waals surface area (Å²) >= 11 is 0. The molecule has 0 aliphatic carbocycles. The van der Waals surface area contributed by atoms with Crippen LogP contribution in [0.15, 0.2) is 71.7 Å². The van der Waals surface area contributed by atoms with Crippen LogP contribution >= 0.6 is 0 Å². The number of nitrogens with zero attached hydrogens (tertiary/aromatic N) is 3. The molecule has 2 N–H and O–H groups in total. The Balaban J connectivity index is 1.66. The zero-order valence-corrected chi connectivity index (χ0v) is 18.5. The van der Waals surface area contributed by atoms with Crippen LogP contribution in [0.2, 0.25) is 0 Å². The van der Waals surface area contributed by atoms with Gasteiger partial charge in [-0.3, -0.25) is 4.79 Å². The molecule has 1 fully saturated rings. The fourth-order valence-corrected chi connectivity index (χ4v) is 3.94. The molecule has 7 nitrogen and oxygen atoms in total. The first-order valence-corrected chi connectivity index (χ1v) is 10.8. The molecule has 1 aliphatic heterocycles. The highest BCUT2D eigenvalue weighted by molar-refractivity contribution is 5.86. The highest BCUT2D eigenvalue weighted by Gasteiger charge is 2.23. The Bertz CT molecular complexity index is 1210. The number of rotatable bonds is 6. The molecule has 0 radical (unpaired) electrons. The van der Waals surface area contributed by atoms with Crippen molar-refractivity contribution in [1.29, 1.82) is 5.41 Å². The molecular formula is C25H26FN5O2. The fraction of sp³-hybridized carbons (Fsp3) is 0.240. The van der Waals surface area contributed by atoms with Crippen molar-refractivity contribution in [3.8, 4) is 5.69 Å². The molecule has 2 atom stereocenters. The molecule has 4 rings (SSSR count). The van der Waals surface area contributed by atoms with Crippen molar-refractivity contribution in [2.24, 2.45) is 0 Å². The number of nitrogens with one attached hydrogen (secondary N) is 2. The van der Waals surface area contributed by atoms with Gasteiger partial charge in [-0.25, -0.2) is 9.07 Å². The lowest BCUT2D eigenvalue weighted by Gasteiger charge is -2.37. The molecule has 8 heteroatoms. The monoisotopic (exact) mass is 447 g/mol. The highest BCUT2D eigenvalue weighted by atomic mass is 19.1. The third-order valence-electron chi connectivity index (χ3n) is 5.33. The second kappa shape index (κ2) is 9.79. The average Bonchev–Trinajstić information content (AvgIpc) is 2.79. The Labute approximate surface area is 191 Å². The molecule has 1 aromatic heterocycles. The van der Waals surface area contributed by atoms with Gasteiger partial charge in [0.25, 0.3) is 0 Å². The molecule has 3 aromatic rings. The van der Waals surface area contributed by atoms with Crippen molar-refractivity contribution in [3.05, 3.63) is 88.6 Å². The number of para-hydroxylation sites is 1. The molecule has 2 heterocycles. The minimum atomic E-state index is -0.449. The third kappa shape index (κ3) is 5.18. The minimum Gasteiger partial charge on any atom is -0.372 e. The normalized spacial score (nSPS) is 18.8. The molecule has 0 amide bonds. The first kappa shape index (κ1) is 22.4. The first-order chi connectivity index (χ1) is 15.9. The van der Waals surface area contributed by atoms with Crippen LogP contribution in [0.1, 0.15) is 19.5 Å². The van der Waals surface area contributed by atoms with Gasteiger partial charge < -0.3 is 20.4 Å². The van der Waals surface area contributed by atoms with Crippen molar-refractivity contribution in [2.45, 2.75) is 26.1 Å². The van der Waals surface area contributed by atoms with E-state index >= 15 is 4.39 Å². The topological polar surface area (TPSA) is 83.2 Å². The van der Waals surface area contributed by atoms with Crippen LogP contribution in [0.4, 0.5) is 15.8 Å². The Kier molecular flexibility index (Phi) is 6.65. The Morgan fingerprint density at radius 2 is 1.88 bits per heavy atom. The second-order valence-electron chi connectivity index (χ2n) is 8.01. The zero-order valence-electron chi connectivity index (χ0n) is 18.5. The van der Waals surface area contributed by atoms with Crippen molar-refractivity contribution in [2.75, 3.05) is 23.3 Å². The summed E-state index contributed by atoms with van der Waals surface area (Å²) in [7, 11) is 0. The Morgan fingerprint density at radius 3 is 2.55 bits per heavy atom. The number of halogens is 1. The van der Waals surface area contributed by atoms with Gasteiger partial charge in [0.15, 0.2) is 11.5 Å². The lowest BCUT2D eigenvalue weighted by atomic mass is 10.2. The van der Waals surface area contributed by atoms with Crippen LogP contribution in [-0.4, -0.2) is 41.3 Å². The van der Waals surface area contributed by atoms with Crippen LogP contribution in [0.5, 0.6) is 0 Å². The number of aromatic nitrogens is 2. The number of hydrogen-bond donors (Lipinski definition) is 2. The summed E-state index contributed by atoms with van der Waals surface area (Å²) in [5, 5.41) is 15.0. The summed E-state index contributed by atoms with van der Waals surface area (Å²) in [6, 6.07) is 15.6. The van der Waals surface area contributed by atoms with E-state index in [4.69, 9.17) is 10.1 Å². The molecule has 0 unspecified atom stereocenters. The van der Waals surface area contributed by atoms with Crippen molar-refractivity contribution in [1.82, 2.24) is 9.78 Å². The minimum absolute atomic E-state index is 0.0656. The van der Waals surface area contributed by atoms with Crippen LogP contribution in [0, 0.1) is 11.2 Å². The van der Waals surface area contributed by atoms with E-state index in [1.54, 1.807) is 6.07 Å². The van der Waals surface area contributed by atoms with Crippen molar-refractivity contribution >= 4 is 23.3 Å². The van der Waals surface area contributed by atoms with E-state index in [2.05, 4.69) is 15.3 Å². The Morgan fingerprint density at radius 1 is 1.15 bits per heavy atom. The first-order valence-electron chi connectivity index (χ1n) is 10.8. The summed E-state index contributed by atoms with van der Waals surface area (Å²) in [5.74, 6) is -0.449. The molecule has 0 saturated carbocycles. The maximum atomic E-state index is 15.2. The zero-order chi connectivity index (χ0) is 23.4. The van der Waals surface area contributed by atoms with E-state index in [-0.39, 0.29) is 29.0 Å². The predicted molar refractivity (Wildman–Crippen MR) is 129 cm³/mol. The second-order valence-corrected chi connectivity index (χ2v) is 8.01. The van der Waals surface area contributed by atoms with Crippen LogP contribution in [0.25, 0.3) is 11.4 Å². The maximum Gasteiger partial charge on any atom is 0.209 e. The summed E-state index contributed by atoms with van der Waals surface area (Å²) in [5.41, 5.74) is 1.84. The molecule has 1 saturated heterocycles. The summed E-state index contributed by atoms with van der Waals surface area (Å²) in [4.78, 5) is 14.7. The smallest absolute Gasteiger partial charge is 0.209 e. The van der Waals surface area contributed by atoms with E-state index < -0.39 is 5.82 Å². The van der Waals surface area contributed by atoms with Gasteiger partial charge in [-0.15, -0.1) is 0 Å². The number of hydrogen-bond acceptors (Lipinski definition) is 6. The standard InChI is InChI=1S/C25H26FN5O2/c1-17-15-30(16-18(2)33-17)20-8-9-23(21(26)14-20)31-13-11-24(32)25(29-31)22(10-12-27)28-19-6-4-3-5-7-19/h3-14,17-18,27-28H,15-16H2,1-2H3/b22-10-,27-12?/t17-,18+. The number of ether oxygens (including phenoxy) is 1. The Hall–Kier alpha value is -3.78. The average molecular weight is 448 g/mol. The van der Waals surface area contributed by atoms with Gasteiger partial charge in [0.05, 0.1) is 17.9 Å². The molecule has 33 heavy (non-hydrogen) atoms. The van der Waals surface area contributed by atoms with Gasteiger partial charge in [0.2, 0.25) is 5.43 Å². The van der Waals surface area contributed by atoms with E-state index in [9.17, 15) is 4.79 Å². The lowest BCUT2D eigenvalue weighted by molar-refractivity contribution is -0.00523. The van der Waals surface area contributed by atoms with Gasteiger partial charge in [-0.05, 0) is 50.3 Å². The molecule has 0 bridgehead atoms. The van der Waals surface area contributed by atoms with Gasteiger partial charge in [0.1, 0.15) is 5.69 Å². The molecule has 0 spiro atoms. The number of morpholine rings is 1. The number of allylic oxidation sites excluding steroid dienone is 1. The van der Waals surface area contributed by atoms with Crippen molar-refractivity contribution < 1.29 is 9.13 Å². The number of benzene rings is 2. The van der Waals surface area contributed by atoms with Crippen LogP contribution < -0.4 is 15.6 Å². The van der Waals surface area contributed by atoms with Gasteiger partial charge in [-0.2, -0.15) is 5.10 Å². The van der Waals surface area contributed by atoms with Gasteiger partial charge in [0, 0.05) is 42.9 Å².